The van der Waals surface area contributed by atoms with Crippen molar-refractivity contribution in [2.24, 2.45) is 0 Å². The summed E-state index contributed by atoms with van der Waals surface area (Å²) in [6, 6.07) is 14.2. The number of aryl methyl sites for hydroxylation is 2. The minimum Gasteiger partial charge on any atom is -0.340 e. The predicted octanol–water partition coefficient (Wildman–Crippen LogP) is 5.37. The van der Waals surface area contributed by atoms with Gasteiger partial charge in [0.2, 0.25) is 5.95 Å². The molecule has 0 fully saturated rings. The lowest BCUT2D eigenvalue weighted by Crippen LogP contribution is -2.02. The fourth-order valence-electron chi connectivity index (χ4n) is 2.18. The van der Waals surface area contributed by atoms with Crippen LogP contribution in [0.5, 0.6) is 0 Å². The van der Waals surface area contributed by atoms with E-state index in [-0.39, 0.29) is 5.02 Å². The van der Waals surface area contributed by atoms with Crippen molar-refractivity contribution in [3.05, 3.63) is 70.6 Å². The van der Waals surface area contributed by atoms with Gasteiger partial charge in [0.25, 0.3) is 0 Å². The number of aromatic nitrogens is 2. The summed E-state index contributed by atoms with van der Waals surface area (Å²) >= 11 is 5.79. The van der Waals surface area contributed by atoms with E-state index < -0.39 is 5.82 Å². The highest BCUT2D eigenvalue weighted by atomic mass is 35.5. The monoisotopic (exact) mass is 342 g/mol. The lowest BCUT2D eigenvalue weighted by molar-refractivity contribution is 0.628. The molecule has 24 heavy (non-hydrogen) atoms. The zero-order valence-corrected chi connectivity index (χ0v) is 14.0. The number of nitrogens with one attached hydrogen (secondary N) is 2. The van der Waals surface area contributed by atoms with E-state index in [1.54, 1.807) is 6.07 Å². The summed E-state index contributed by atoms with van der Waals surface area (Å²) in [4.78, 5) is 8.77. The normalized spacial score (nSPS) is 10.5. The Balaban J connectivity index is 1.82. The fourth-order valence-corrected chi connectivity index (χ4v) is 2.36. The minimum atomic E-state index is -0.464. The van der Waals surface area contributed by atoms with Gasteiger partial charge in [-0.05, 0) is 44.2 Å². The van der Waals surface area contributed by atoms with Gasteiger partial charge in [-0.3, -0.25) is 0 Å². The molecule has 0 aliphatic carbocycles. The molecule has 2 N–H and O–H groups in total. The van der Waals surface area contributed by atoms with Crippen molar-refractivity contribution in [1.29, 1.82) is 0 Å². The quantitative estimate of drug-likeness (QED) is 0.669. The van der Waals surface area contributed by atoms with Crippen LogP contribution in [0.1, 0.15) is 11.3 Å². The van der Waals surface area contributed by atoms with Crippen molar-refractivity contribution < 1.29 is 4.39 Å². The van der Waals surface area contributed by atoms with Crippen LogP contribution in [-0.2, 0) is 0 Å². The molecule has 0 unspecified atom stereocenters. The molecule has 0 spiro atoms. The molecule has 0 saturated heterocycles. The van der Waals surface area contributed by atoms with Crippen LogP contribution >= 0.6 is 11.6 Å². The number of hydrogen-bond acceptors (Lipinski definition) is 4. The van der Waals surface area contributed by atoms with E-state index in [0.717, 1.165) is 11.4 Å². The number of rotatable bonds is 4. The molecule has 3 rings (SSSR count). The predicted molar refractivity (Wildman–Crippen MR) is 95.9 cm³/mol. The summed E-state index contributed by atoms with van der Waals surface area (Å²) in [5.74, 6) is 0.614. The highest BCUT2D eigenvalue weighted by molar-refractivity contribution is 6.31. The fraction of sp³-hybridized carbons (Fsp3) is 0.111. The van der Waals surface area contributed by atoms with E-state index >= 15 is 0 Å². The average Bonchev–Trinajstić information content (AvgIpc) is 2.53. The molecule has 4 nitrogen and oxygen atoms in total. The van der Waals surface area contributed by atoms with Gasteiger partial charge in [0.1, 0.15) is 11.6 Å². The summed E-state index contributed by atoms with van der Waals surface area (Å²) in [6.07, 6.45) is 0. The minimum absolute atomic E-state index is 0.0469. The Bertz CT molecular complexity index is 865. The Kier molecular flexibility index (Phi) is 4.62. The van der Waals surface area contributed by atoms with E-state index in [2.05, 4.69) is 20.6 Å². The topological polar surface area (TPSA) is 49.8 Å². The largest absolute Gasteiger partial charge is 0.340 e. The second-order valence-corrected chi connectivity index (χ2v) is 5.87. The van der Waals surface area contributed by atoms with E-state index in [9.17, 15) is 4.39 Å². The van der Waals surface area contributed by atoms with Crippen LogP contribution in [0, 0.1) is 19.7 Å². The molecule has 0 amide bonds. The SMILES string of the molecule is Cc1ccc(Nc2cc(C)nc(Nc3ccc(F)c(Cl)c3)n2)cc1. The maximum absolute atomic E-state index is 13.2. The van der Waals surface area contributed by atoms with E-state index in [1.165, 1.54) is 17.7 Å². The van der Waals surface area contributed by atoms with Gasteiger partial charge >= 0.3 is 0 Å². The van der Waals surface area contributed by atoms with Gasteiger partial charge < -0.3 is 10.6 Å². The summed E-state index contributed by atoms with van der Waals surface area (Å²) < 4.78 is 13.2. The van der Waals surface area contributed by atoms with Gasteiger partial charge in [-0.25, -0.2) is 9.37 Å². The molecular formula is C18H16ClFN4. The van der Waals surface area contributed by atoms with Crippen molar-refractivity contribution >= 4 is 34.7 Å². The number of anilines is 4. The molecule has 0 radical (unpaired) electrons. The maximum Gasteiger partial charge on any atom is 0.229 e. The van der Waals surface area contributed by atoms with E-state index in [1.807, 2.05) is 44.2 Å². The molecule has 122 valence electrons. The third kappa shape index (κ3) is 4.00. The maximum atomic E-state index is 13.2. The van der Waals surface area contributed by atoms with Crippen LogP contribution in [0.25, 0.3) is 0 Å². The second kappa shape index (κ2) is 6.84. The van der Waals surface area contributed by atoms with Crippen molar-refractivity contribution in [2.45, 2.75) is 13.8 Å². The zero-order chi connectivity index (χ0) is 17.1. The lowest BCUT2D eigenvalue weighted by Gasteiger charge is -2.10. The first-order chi connectivity index (χ1) is 11.5. The Morgan fingerprint density at radius 3 is 2.29 bits per heavy atom. The van der Waals surface area contributed by atoms with Crippen molar-refractivity contribution in [2.75, 3.05) is 10.6 Å². The van der Waals surface area contributed by atoms with Gasteiger partial charge in [-0.2, -0.15) is 4.98 Å². The standard InChI is InChI=1S/C18H16ClFN4/c1-11-3-5-13(6-4-11)22-17-9-12(2)21-18(24-17)23-14-7-8-16(20)15(19)10-14/h3-10H,1-2H3,(H2,21,22,23,24). The zero-order valence-electron chi connectivity index (χ0n) is 13.3. The van der Waals surface area contributed by atoms with Crippen LogP contribution in [0.15, 0.2) is 48.5 Å². The van der Waals surface area contributed by atoms with E-state index in [0.29, 0.717) is 17.5 Å². The highest BCUT2D eigenvalue weighted by Gasteiger charge is 2.06. The summed E-state index contributed by atoms with van der Waals surface area (Å²) in [5, 5.41) is 6.32. The third-order valence-corrected chi connectivity index (χ3v) is 3.64. The van der Waals surface area contributed by atoms with Crippen molar-refractivity contribution in [3.63, 3.8) is 0 Å². The van der Waals surface area contributed by atoms with Crippen molar-refractivity contribution in [3.8, 4) is 0 Å². The summed E-state index contributed by atoms with van der Waals surface area (Å²) in [7, 11) is 0. The first kappa shape index (κ1) is 16.2. The second-order valence-electron chi connectivity index (χ2n) is 5.46. The van der Waals surface area contributed by atoms with Crippen LogP contribution in [0.4, 0.5) is 27.5 Å². The Morgan fingerprint density at radius 1 is 0.875 bits per heavy atom. The van der Waals surface area contributed by atoms with Gasteiger partial charge in [-0.15, -0.1) is 0 Å². The van der Waals surface area contributed by atoms with Crippen LogP contribution < -0.4 is 10.6 Å². The first-order valence-electron chi connectivity index (χ1n) is 7.41. The Morgan fingerprint density at radius 2 is 1.58 bits per heavy atom. The van der Waals surface area contributed by atoms with Crippen LogP contribution in [-0.4, -0.2) is 9.97 Å². The average molecular weight is 343 g/mol. The lowest BCUT2D eigenvalue weighted by atomic mass is 10.2. The van der Waals surface area contributed by atoms with Gasteiger partial charge in [-0.1, -0.05) is 29.3 Å². The molecule has 1 aromatic heterocycles. The van der Waals surface area contributed by atoms with E-state index in [4.69, 9.17) is 11.6 Å². The smallest absolute Gasteiger partial charge is 0.229 e. The summed E-state index contributed by atoms with van der Waals surface area (Å²) in [5.41, 5.74) is 3.55. The van der Waals surface area contributed by atoms with Gasteiger partial charge in [0.15, 0.2) is 0 Å². The molecule has 0 bridgehead atoms. The molecule has 1 heterocycles. The summed E-state index contributed by atoms with van der Waals surface area (Å²) in [6.45, 7) is 3.92. The number of hydrogen-bond donors (Lipinski definition) is 2. The van der Waals surface area contributed by atoms with Crippen LogP contribution in [0.2, 0.25) is 5.02 Å². The van der Waals surface area contributed by atoms with Gasteiger partial charge in [0.05, 0.1) is 5.02 Å². The van der Waals surface area contributed by atoms with Crippen molar-refractivity contribution in [1.82, 2.24) is 9.97 Å². The Hall–Kier alpha value is -2.66. The van der Waals surface area contributed by atoms with Crippen LogP contribution in [0.3, 0.4) is 0 Å². The first-order valence-corrected chi connectivity index (χ1v) is 7.79. The molecule has 3 aromatic rings. The van der Waals surface area contributed by atoms with Gasteiger partial charge in [0, 0.05) is 23.1 Å². The number of nitrogens with zero attached hydrogens (tertiary/aromatic N) is 2. The molecule has 6 heteroatoms. The number of halogens is 2. The molecule has 2 aromatic carbocycles. The molecule has 0 atom stereocenters. The third-order valence-electron chi connectivity index (χ3n) is 3.35. The molecule has 0 saturated carbocycles. The molecule has 0 aliphatic heterocycles. The molecular weight excluding hydrogens is 327 g/mol. The highest BCUT2D eigenvalue weighted by Crippen LogP contribution is 2.23. The number of benzene rings is 2. The molecule has 0 aliphatic rings. The Labute approximate surface area is 144 Å².